The number of benzene rings is 1. The van der Waals surface area contributed by atoms with Crippen LogP contribution in [0.15, 0.2) is 30.7 Å². The lowest BCUT2D eigenvalue weighted by Crippen LogP contribution is -2.43. The van der Waals surface area contributed by atoms with E-state index in [9.17, 15) is 10.1 Å². The Balaban J connectivity index is 1.27. The highest BCUT2D eigenvalue weighted by Gasteiger charge is 2.33. The average Bonchev–Trinajstić information content (AvgIpc) is 3.47. The highest BCUT2D eigenvalue weighted by Crippen LogP contribution is 2.41. The molecule has 6 rings (SSSR count). The molecule has 2 N–H and O–H groups in total. The summed E-state index contributed by atoms with van der Waals surface area (Å²) in [6, 6.07) is 8.40. The second kappa shape index (κ2) is 8.12. The van der Waals surface area contributed by atoms with Gasteiger partial charge in [0, 0.05) is 35.0 Å². The van der Waals surface area contributed by atoms with E-state index >= 15 is 0 Å². The fourth-order valence-electron chi connectivity index (χ4n) is 5.11. The summed E-state index contributed by atoms with van der Waals surface area (Å²) in [5, 5.41) is 21.9. The van der Waals surface area contributed by atoms with Crippen molar-refractivity contribution in [3.8, 4) is 6.07 Å². The molecule has 2 aliphatic rings. The van der Waals surface area contributed by atoms with Crippen molar-refractivity contribution in [3.05, 3.63) is 41.2 Å². The second-order valence-corrected chi connectivity index (χ2v) is 9.98. The highest BCUT2D eigenvalue weighted by molar-refractivity contribution is 7.19. The zero-order chi connectivity index (χ0) is 22.4. The lowest BCUT2D eigenvalue weighted by Gasteiger charge is -2.33. The van der Waals surface area contributed by atoms with Crippen LogP contribution in [0.4, 0.5) is 11.5 Å². The Morgan fingerprint density at radius 1 is 1.30 bits per heavy atom. The van der Waals surface area contributed by atoms with Crippen LogP contribution >= 0.6 is 11.3 Å². The molecule has 1 aliphatic carbocycles. The summed E-state index contributed by atoms with van der Waals surface area (Å²) in [5.74, 6) is 0.959. The molecule has 1 fully saturated rings. The maximum absolute atomic E-state index is 13.2. The van der Waals surface area contributed by atoms with Gasteiger partial charge < -0.3 is 10.2 Å². The SMILES string of the molecule is N#CC1CCCN(C(=O)C2CCc3c(sc4ncnc(Nc5ccc6[nH]ncc6c5)c34)C2)C1. The first-order chi connectivity index (χ1) is 16.2. The summed E-state index contributed by atoms with van der Waals surface area (Å²) >= 11 is 1.67. The Kier molecular flexibility index (Phi) is 4.95. The number of aromatic nitrogens is 4. The number of rotatable bonds is 3. The minimum Gasteiger partial charge on any atom is -0.341 e. The number of fused-ring (bicyclic) bond motifs is 4. The summed E-state index contributed by atoms with van der Waals surface area (Å²) in [5.41, 5.74) is 3.21. The van der Waals surface area contributed by atoms with E-state index in [0.29, 0.717) is 6.54 Å². The van der Waals surface area contributed by atoms with Gasteiger partial charge in [0.1, 0.15) is 17.0 Å². The van der Waals surface area contributed by atoms with E-state index in [2.05, 4.69) is 31.6 Å². The molecular formula is C24H23N7OS. The number of carbonyl (C=O) groups is 1. The number of aromatic amines is 1. The number of nitrogens with zero attached hydrogens (tertiary/aromatic N) is 5. The third-order valence-electron chi connectivity index (χ3n) is 6.81. The minimum absolute atomic E-state index is 0.0177. The summed E-state index contributed by atoms with van der Waals surface area (Å²) in [6.45, 7) is 1.35. The predicted molar refractivity (Wildman–Crippen MR) is 127 cm³/mol. The van der Waals surface area contributed by atoms with Gasteiger partial charge in [-0.1, -0.05) is 0 Å². The first-order valence-corrected chi connectivity index (χ1v) is 12.1. The van der Waals surface area contributed by atoms with Crippen molar-refractivity contribution in [1.82, 2.24) is 25.1 Å². The predicted octanol–water partition coefficient (Wildman–Crippen LogP) is 4.18. The Hall–Kier alpha value is -3.51. The molecule has 2 unspecified atom stereocenters. The van der Waals surface area contributed by atoms with E-state index in [0.717, 1.165) is 71.3 Å². The molecule has 8 nitrogen and oxygen atoms in total. The highest BCUT2D eigenvalue weighted by atomic mass is 32.1. The summed E-state index contributed by atoms with van der Waals surface area (Å²) < 4.78 is 0. The van der Waals surface area contributed by atoms with E-state index in [1.165, 1.54) is 10.4 Å². The molecule has 33 heavy (non-hydrogen) atoms. The molecular weight excluding hydrogens is 434 g/mol. The van der Waals surface area contributed by atoms with Gasteiger partial charge in [0.15, 0.2) is 0 Å². The Labute approximate surface area is 194 Å². The van der Waals surface area contributed by atoms with Gasteiger partial charge in [0.25, 0.3) is 0 Å². The van der Waals surface area contributed by atoms with Crippen LogP contribution in [0.3, 0.4) is 0 Å². The number of nitrogens with one attached hydrogen (secondary N) is 2. The fraction of sp³-hybridized carbons (Fsp3) is 0.375. The molecule has 2 atom stereocenters. The Bertz CT molecular complexity index is 1400. The molecule has 0 radical (unpaired) electrons. The molecule has 166 valence electrons. The largest absolute Gasteiger partial charge is 0.341 e. The van der Waals surface area contributed by atoms with Crippen molar-refractivity contribution in [2.75, 3.05) is 18.4 Å². The van der Waals surface area contributed by atoms with Crippen molar-refractivity contribution >= 4 is 49.9 Å². The molecule has 1 saturated heterocycles. The van der Waals surface area contributed by atoms with E-state index in [1.807, 2.05) is 23.1 Å². The zero-order valence-electron chi connectivity index (χ0n) is 18.0. The van der Waals surface area contributed by atoms with Gasteiger partial charge in [-0.3, -0.25) is 9.89 Å². The van der Waals surface area contributed by atoms with Crippen LogP contribution < -0.4 is 5.32 Å². The van der Waals surface area contributed by atoms with E-state index in [-0.39, 0.29) is 17.7 Å². The smallest absolute Gasteiger partial charge is 0.226 e. The van der Waals surface area contributed by atoms with E-state index in [1.54, 1.807) is 23.9 Å². The number of carbonyl (C=O) groups excluding carboxylic acids is 1. The maximum atomic E-state index is 13.2. The van der Waals surface area contributed by atoms with Gasteiger partial charge >= 0.3 is 0 Å². The summed E-state index contributed by atoms with van der Waals surface area (Å²) in [6.07, 6.45) is 7.61. The molecule has 1 aromatic carbocycles. The summed E-state index contributed by atoms with van der Waals surface area (Å²) in [4.78, 5) is 26.4. The molecule has 0 spiro atoms. The molecule has 1 aliphatic heterocycles. The van der Waals surface area contributed by atoms with Gasteiger partial charge in [0.2, 0.25) is 5.91 Å². The van der Waals surface area contributed by atoms with Crippen LogP contribution in [0.5, 0.6) is 0 Å². The number of hydrogen-bond donors (Lipinski definition) is 2. The van der Waals surface area contributed by atoms with E-state index < -0.39 is 0 Å². The summed E-state index contributed by atoms with van der Waals surface area (Å²) in [7, 11) is 0. The third-order valence-corrected chi connectivity index (χ3v) is 7.98. The lowest BCUT2D eigenvalue weighted by molar-refractivity contribution is -0.137. The quantitative estimate of drug-likeness (QED) is 0.478. The monoisotopic (exact) mass is 457 g/mol. The van der Waals surface area contributed by atoms with Gasteiger partial charge in [-0.15, -0.1) is 11.3 Å². The number of anilines is 2. The number of piperidine rings is 1. The third kappa shape index (κ3) is 3.60. The number of likely N-dealkylation sites (tertiary alicyclic amines) is 1. The van der Waals surface area contributed by atoms with Crippen molar-refractivity contribution in [3.63, 3.8) is 0 Å². The standard InChI is InChI=1S/C24H23N7OS/c25-10-14-2-1-7-31(12-14)24(32)15-3-5-18-20(9-15)33-23-21(18)22(26-13-27-23)29-17-4-6-19-16(8-17)11-28-30-19/h4,6,8,11,13-15H,1-3,5,7,9,12H2,(H,28,30)(H,26,27,29). The molecule has 4 heterocycles. The molecule has 1 amide bonds. The molecule has 4 aromatic rings. The molecule has 9 heteroatoms. The van der Waals surface area contributed by atoms with Gasteiger partial charge in [-0.2, -0.15) is 10.4 Å². The fourth-order valence-corrected chi connectivity index (χ4v) is 6.38. The first kappa shape index (κ1) is 20.1. The van der Waals surface area contributed by atoms with Gasteiger partial charge in [-0.05, 0) is 55.9 Å². The van der Waals surface area contributed by atoms with Crippen LogP contribution in [0.2, 0.25) is 0 Å². The number of H-pyrrole nitrogens is 1. The molecule has 0 bridgehead atoms. The van der Waals surface area contributed by atoms with Crippen LogP contribution in [0.25, 0.3) is 21.1 Å². The molecule has 0 saturated carbocycles. The maximum Gasteiger partial charge on any atom is 0.226 e. The van der Waals surface area contributed by atoms with E-state index in [4.69, 9.17) is 0 Å². The number of hydrogen-bond acceptors (Lipinski definition) is 7. The lowest BCUT2D eigenvalue weighted by atomic mass is 9.86. The van der Waals surface area contributed by atoms with Crippen molar-refractivity contribution in [2.45, 2.75) is 32.1 Å². The van der Waals surface area contributed by atoms with Crippen molar-refractivity contribution in [1.29, 1.82) is 5.26 Å². The van der Waals surface area contributed by atoms with Crippen LogP contribution in [-0.2, 0) is 17.6 Å². The van der Waals surface area contributed by atoms with Gasteiger partial charge in [-0.25, -0.2) is 9.97 Å². The first-order valence-electron chi connectivity index (χ1n) is 11.3. The van der Waals surface area contributed by atoms with Crippen molar-refractivity contribution in [2.24, 2.45) is 11.8 Å². The van der Waals surface area contributed by atoms with Crippen LogP contribution in [0.1, 0.15) is 29.7 Å². The average molecular weight is 458 g/mol. The Morgan fingerprint density at radius 2 is 2.24 bits per heavy atom. The normalized spacial score (nSPS) is 20.5. The molecule has 3 aromatic heterocycles. The van der Waals surface area contributed by atoms with Crippen LogP contribution in [-0.4, -0.2) is 44.1 Å². The van der Waals surface area contributed by atoms with Crippen molar-refractivity contribution < 1.29 is 4.79 Å². The minimum atomic E-state index is -0.0312. The number of aryl methyl sites for hydroxylation is 1. The van der Waals surface area contributed by atoms with Gasteiger partial charge in [0.05, 0.1) is 29.1 Å². The topological polar surface area (TPSA) is 111 Å². The van der Waals surface area contributed by atoms with Crippen LogP contribution in [0, 0.1) is 23.2 Å². The number of nitriles is 1. The Morgan fingerprint density at radius 3 is 3.15 bits per heavy atom. The zero-order valence-corrected chi connectivity index (χ0v) is 18.9. The second-order valence-electron chi connectivity index (χ2n) is 8.90. The number of amides is 1. The number of thiophene rings is 1.